The molecule has 222 valence electrons. The molecule has 0 N–H and O–H groups in total. The van der Waals surface area contributed by atoms with E-state index in [4.69, 9.17) is 0 Å². The molecule has 7 aromatic rings. The Morgan fingerprint density at radius 1 is 0.522 bits per heavy atom. The van der Waals surface area contributed by atoms with Gasteiger partial charge in [-0.3, -0.25) is 4.79 Å². The van der Waals surface area contributed by atoms with Crippen LogP contribution in [0.5, 0.6) is 0 Å². The van der Waals surface area contributed by atoms with Crippen molar-refractivity contribution in [3.63, 3.8) is 0 Å². The van der Waals surface area contributed by atoms with E-state index in [1.165, 1.54) is 49.8 Å². The van der Waals surface area contributed by atoms with Crippen molar-refractivity contribution in [2.75, 3.05) is 16.8 Å². The number of anilines is 5. The van der Waals surface area contributed by atoms with Crippen molar-refractivity contribution in [2.45, 2.75) is 19.3 Å². The highest BCUT2D eigenvalue weighted by atomic mass is 16.1. The van der Waals surface area contributed by atoms with Crippen LogP contribution >= 0.6 is 0 Å². The predicted molar refractivity (Wildman–Crippen MR) is 194 cm³/mol. The van der Waals surface area contributed by atoms with Crippen LogP contribution in [-0.2, 0) is 5.41 Å². The SMILES string of the molecule is CN(c1ccc2c(c1)C(C)(C)c1cc(N(c3cccc(C=O)c3)c3cccc4ccccc34)ccc1-2)c1cccc2ccccc12. The number of hydrogen-bond donors (Lipinski definition) is 0. The average molecular weight is 595 g/mol. The number of carbonyl (C=O) groups is 1. The van der Waals surface area contributed by atoms with Crippen LogP contribution in [0.2, 0.25) is 0 Å². The first-order chi connectivity index (χ1) is 22.4. The number of fused-ring (bicyclic) bond motifs is 5. The molecule has 0 radical (unpaired) electrons. The summed E-state index contributed by atoms with van der Waals surface area (Å²) in [7, 11) is 2.16. The second kappa shape index (κ2) is 10.7. The normalized spacial score (nSPS) is 12.9. The van der Waals surface area contributed by atoms with Crippen LogP contribution in [0.4, 0.5) is 28.4 Å². The second-order valence-electron chi connectivity index (χ2n) is 12.7. The maximum absolute atomic E-state index is 11.8. The molecule has 7 aromatic carbocycles. The quantitative estimate of drug-likeness (QED) is 0.179. The Balaban J connectivity index is 1.25. The van der Waals surface area contributed by atoms with Crippen LogP contribution in [0.25, 0.3) is 32.7 Å². The van der Waals surface area contributed by atoms with Crippen molar-refractivity contribution in [3.8, 4) is 11.1 Å². The average Bonchev–Trinajstić information content (AvgIpc) is 3.33. The Hall–Kier alpha value is -5.67. The van der Waals surface area contributed by atoms with Crippen LogP contribution < -0.4 is 9.80 Å². The zero-order chi connectivity index (χ0) is 31.4. The molecule has 3 nitrogen and oxygen atoms in total. The van der Waals surface area contributed by atoms with E-state index in [1.54, 1.807) is 0 Å². The van der Waals surface area contributed by atoms with Crippen molar-refractivity contribution in [3.05, 3.63) is 162 Å². The molecule has 1 aliphatic rings. The van der Waals surface area contributed by atoms with Gasteiger partial charge in [0.1, 0.15) is 6.29 Å². The van der Waals surface area contributed by atoms with E-state index < -0.39 is 0 Å². The molecule has 0 heterocycles. The summed E-state index contributed by atoms with van der Waals surface area (Å²) in [6, 6.07) is 51.6. The molecule has 0 atom stereocenters. The summed E-state index contributed by atoms with van der Waals surface area (Å²) >= 11 is 0. The van der Waals surface area contributed by atoms with E-state index in [0.29, 0.717) is 5.56 Å². The third-order valence-corrected chi connectivity index (χ3v) is 9.69. The van der Waals surface area contributed by atoms with Gasteiger partial charge in [-0.15, -0.1) is 0 Å². The zero-order valence-corrected chi connectivity index (χ0v) is 26.2. The largest absolute Gasteiger partial charge is 0.344 e. The minimum Gasteiger partial charge on any atom is -0.344 e. The fraction of sp³-hybridized carbons (Fsp3) is 0.0930. The van der Waals surface area contributed by atoms with Gasteiger partial charge in [0.15, 0.2) is 0 Å². The van der Waals surface area contributed by atoms with Crippen molar-refractivity contribution in [1.82, 2.24) is 0 Å². The first-order valence-corrected chi connectivity index (χ1v) is 15.8. The molecule has 1 aliphatic carbocycles. The van der Waals surface area contributed by atoms with Crippen LogP contribution in [-0.4, -0.2) is 13.3 Å². The molecule has 3 heteroatoms. The highest BCUT2D eigenvalue weighted by Crippen LogP contribution is 2.52. The lowest BCUT2D eigenvalue weighted by molar-refractivity contribution is 0.112. The van der Waals surface area contributed by atoms with Crippen molar-refractivity contribution >= 4 is 56.3 Å². The third-order valence-electron chi connectivity index (χ3n) is 9.69. The molecule has 0 saturated heterocycles. The summed E-state index contributed by atoms with van der Waals surface area (Å²) in [5, 5.41) is 4.81. The number of benzene rings is 7. The molecule has 0 aliphatic heterocycles. The smallest absolute Gasteiger partial charge is 0.150 e. The Morgan fingerprint density at radius 2 is 1.04 bits per heavy atom. The molecule has 46 heavy (non-hydrogen) atoms. The lowest BCUT2D eigenvalue weighted by Gasteiger charge is -2.29. The Labute approximate surface area is 270 Å². The molecule has 0 fully saturated rings. The molecular formula is C43H34N2O. The van der Waals surface area contributed by atoms with Crippen LogP contribution in [0.15, 0.2) is 146 Å². The first-order valence-electron chi connectivity index (χ1n) is 15.8. The highest BCUT2D eigenvalue weighted by Gasteiger charge is 2.36. The molecule has 0 unspecified atom stereocenters. The van der Waals surface area contributed by atoms with Gasteiger partial charge in [0, 0.05) is 51.5 Å². The molecule has 0 amide bonds. The van der Waals surface area contributed by atoms with Gasteiger partial charge in [-0.05, 0) is 81.6 Å². The van der Waals surface area contributed by atoms with Crippen molar-refractivity contribution in [2.24, 2.45) is 0 Å². The van der Waals surface area contributed by atoms with E-state index in [0.717, 1.165) is 28.7 Å². The molecular weight excluding hydrogens is 560 g/mol. The lowest BCUT2D eigenvalue weighted by Crippen LogP contribution is -2.18. The Kier molecular flexibility index (Phi) is 6.51. The molecule has 8 rings (SSSR count). The van der Waals surface area contributed by atoms with Crippen molar-refractivity contribution < 1.29 is 4.79 Å². The maximum Gasteiger partial charge on any atom is 0.150 e. The molecule has 0 saturated carbocycles. The molecule has 0 bridgehead atoms. The van der Waals surface area contributed by atoms with Gasteiger partial charge in [-0.25, -0.2) is 0 Å². The summed E-state index contributed by atoms with van der Waals surface area (Å²) in [5.41, 5.74) is 11.0. The minimum atomic E-state index is -0.217. The van der Waals surface area contributed by atoms with Crippen molar-refractivity contribution in [1.29, 1.82) is 0 Å². The van der Waals surface area contributed by atoms with Crippen LogP contribution in [0, 0.1) is 0 Å². The van der Waals surface area contributed by atoms with Gasteiger partial charge < -0.3 is 9.80 Å². The zero-order valence-electron chi connectivity index (χ0n) is 26.2. The van der Waals surface area contributed by atoms with E-state index in [1.807, 2.05) is 18.2 Å². The second-order valence-corrected chi connectivity index (χ2v) is 12.7. The van der Waals surface area contributed by atoms with Gasteiger partial charge in [-0.2, -0.15) is 0 Å². The van der Waals surface area contributed by atoms with Crippen LogP contribution in [0.3, 0.4) is 0 Å². The monoisotopic (exact) mass is 594 g/mol. The lowest BCUT2D eigenvalue weighted by atomic mass is 9.82. The topological polar surface area (TPSA) is 23.6 Å². The fourth-order valence-electron chi connectivity index (χ4n) is 7.27. The van der Waals surface area contributed by atoms with Gasteiger partial charge in [-0.1, -0.05) is 111 Å². The van der Waals surface area contributed by atoms with E-state index in [2.05, 4.69) is 158 Å². The number of hydrogen-bond acceptors (Lipinski definition) is 3. The number of nitrogens with zero attached hydrogens (tertiary/aromatic N) is 2. The molecule has 0 spiro atoms. The number of aldehydes is 1. The molecule has 0 aromatic heterocycles. The van der Waals surface area contributed by atoms with Gasteiger partial charge in [0.25, 0.3) is 0 Å². The predicted octanol–water partition coefficient (Wildman–Crippen LogP) is 11.3. The summed E-state index contributed by atoms with van der Waals surface area (Å²) in [6.45, 7) is 4.66. The van der Waals surface area contributed by atoms with E-state index in [-0.39, 0.29) is 5.41 Å². The Morgan fingerprint density at radius 3 is 1.72 bits per heavy atom. The first kappa shape index (κ1) is 27.8. The minimum absolute atomic E-state index is 0.217. The van der Waals surface area contributed by atoms with Gasteiger partial charge in [0.05, 0.1) is 5.69 Å². The van der Waals surface area contributed by atoms with Gasteiger partial charge >= 0.3 is 0 Å². The Bertz CT molecular complexity index is 2290. The maximum atomic E-state index is 11.8. The third kappa shape index (κ3) is 4.39. The standard InChI is InChI=1S/C43H34N2O/c1-43(2)39-26-32(44(3)41-19-9-14-30-12-4-6-17-35(30)41)21-23-37(39)38-24-22-34(27-40(38)43)45(33-16-8-11-29(25-33)28-46)42-20-10-15-31-13-5-7-18-36(31)42/h4-28H,1-3H3. The summed E-state index contributed by atoms with van der Waals surface area (Å²) in [4.78, 5) is 16.4. The highest BCUT2D eigenvalue weighted by molar-refractivity contribution is 6.00. The summed E-state index contributed by atoms with van der Waals surface area (Å²) < 4.78 is 0. The van der Waals surface area contributed by atoms with Gasteiger partial charge in [0.2, 0.25) is 0 Å². The summed E-state index contributed by atoms with van der Waals surface area (Å²) in [6.07, 6.45) is 0.917. The number of rotatable bonds is 6. The van der Waals surface area contributed by atoms with Crippen LogP contribution in [0.1, 0.15) is 35.3 Å². The number of carbonyl (C=O) groups excluding carboxylic acids is 1. The summed E-state index contributed by atoms with van der Waals surface area (Å²) in [5.74, 6) is 0. The fourth-order valence-corrected chi connectivity index (χ4v) is 7.27. The van der Waals surface area contributed by atoms with E-state index >= 15 is 0 Å². The van der Waals surface area contributed by atoms with E-state index in [9.17, 15) is 4.79 Å².